The molecule has 0 spiro atoms. The summed E-state index contributed by atoms with van der Waals surface area (Å²) in [4.78, 5) is 9.02. The third-order valence-corrected chi connectivity index (χ3v) is 4.25. The molecule has 0 bridgehead atoms. The fraction of sp³-hybridized carbons (Fsp3) is 0.714. The highest BCUT2D eigenvalue weighted by atomic mass is 35.5. The normalized spacial score (nSPS) is 26.1. The maximum Gasteiger partial charge on any atom is 0.137 e. The fourth-order valence-corrected chi connectivity index (χ4v) is 2.59. The zero-order valence-electron chi connectivity index (χ0n) is 11.4. The molecule has 2 aliphatic rings. The minimum absolute atomic E-state index is 0.406. The van der Waals surface area contributed by atoms with Gasteiger partial charge in [0.25, 0.3) is 0 Å². The van der Waals surface area contributed by atoms with Gasteiger partial charge in [0.1, 0.15) is 16.8 Å². The van der Waals surface area contributed by atoms with E-state index in [0.717, 1.165) is 36.7 Å². The van der Waals surface area contributed by atoms with Crippen molar-refractivity contribution in [1.29, 1.82) is 0 Å². The number of rotatable bonds is 5. The van der Waals surface area contributed by atoms with Crippen LogP contribution in [0.25, 0.3) is 0 Å². The van der Waals surface area contributed by atoms with E-state index in [9.17, 15) is 0 Å². The van der Waals surface area contributed by atoms with Gasteiger partial charge in [-0.2, -0.15) is 0 Å². The molecule has 104 valence electrons. The van der Waals surface area contributed by atoms with Crippen LogP contribution >= 0.6 is 11.6 Å². The van der Waals surface area contributed by atoms with Gasteiger partial charge in [-0.3, -0.25) is 0 Å². The van der Waals surface area contributed by atoms with Gasteiger partial charge in [-0.15, -0.1) is 0 Å². The molecule has 0 aromatic carbocycles. The molecule has 0 saturated heterocycles. The van der Waals surface area contributed by atoms with Crippen LogP contribution in [0.1, 0.15) is 49.9 Å². The molecule has 2 aliphatic carbocycles. The average Bonchev–Trinajstić information content (AvgIpc) is 3.15. The smallest absolute Gasteiger partial charge is 0.137 e. The summed E-state index contributed by atoms with van der Waals surface area (Å²) < 4.78 is 5.57. The molecule has 19 heavy (non-hydrogen) atoms. The number of anilines is 1. The summed E-state index contributed by atoms with van der Waals surface area (Å²) in [5, 5.41) is 4.07. The Morgan fingerprint density at radius 1 is 1.32 bits per heavy atom. The summed E-state index contributed by atoms with van der Waals surface area (Å²) >= 11 is 6.20. The highest BCUT2D eigenvalue weighted by Crippen LogP contribution is 2.39. The van der Waals surface area contributed by atoms with E-state index in [1.807, 2.05) is 13.8 Å². The predicted molar refractivity (Wildman–Crippen MR) is 75.8 cm³/mol. The van der Waals surface area contributed by atoms with E-state index in [0.29, 0.717) is 23.2 Å². The Labute approximate surface area is 118 Å². The Balaban J connectivity index is 1.67. The van der Waals surface area contributed by atoms with Crippen LogP contribution in [0.3, 0.4) is 0 Å². The van der Waals surface area contributed by atoms with Gasteiger partial charge in [0, 0.05) is 24.1 Å². The van der Waals surface area contributed by atoms with Crippen LogP contribution in [0.2, 0.25) is 5.15 Å². The van der Waals surface area contributed by atoms with Crippen molar-refractivity contribution in [2.75, 3.05) is 11.9 Å². The minimum Gasteiger partial charge on any atom is -0.378 e. The van der Waals surface area contributed by atoms with Gasteiger partial charge in [-0.1, -0.05) is 11.6 Å². The van der Waals surface area contributed by atoms with Crippen LogP contribution in [0.4, 0.5) is 5.82 Å². The third-order valence-electron chi connectivity index (χ3n) is 3.88. The maximum atomic E-state index is 6.20. The largest absolute Gasteiger partial charge is 0.378 e. The highest BCUT2D eigenvalue weighted by molar-refractivity contribution is 6.30. The zero-order chi connectivity index (χ0) is 13.4. The van der Waals surface area contributed by atoms with Crippen molar-refractivity contribution in [3.05, 3.63) is 16.5 Å². The summed E-state index contributed by atoms with van der Waals surface area (Å²) in [6.07, 6.45) is 4.88. The van der Waals surface area contributed by atoms with Crippen LogP contribution in [0.15, 0.2) is 0 Å². The highest BCUT2D eigenvalue weighted by Gasteiger charge is 2.32. The van der Waals surface area contributed by atoms with Gasteiger partial charge in [-0.25, -0.2) is 9.97 Å². The van der Waals surface area contributed by atoms with Gasteiger partial charge >= 0.3 is 0 Å². The molecule has 1 N–H and O–H groups in total. The van der Waals surface area contributed by atoms with Crippen LogP contribution in [0, 0.1) is 6.92 Å². The molecule has 1 heterocycles. The second-order valence-electron chi connectivity index (χ2n) is 5.51. The lowest BCUT2D eigenvalue weighted by molar-refractivity contribution is 0.00291. The first-order valence-electron chi connectivity index (χ1n) is 7.09. The van der Waals surface area contributed by atoms with E-state index in [4.69, 9.17) is 16.3 Å². The van der Waals surface area contributed by atoms with Gasteiger partial charge < -0.3 is 10.1 Å². The minimum atomic E-state index is 0.406. The third kappa shape index (κ3) is 2.84. The molecular weight excluding hydrogens is 262 g/mol. The topological polar surface area (TPSA) is 47.0 Å². The summed E-state index contributed by atoms with van der Waals surface area (Å²) in [6, 6.07) is 0.452. The van der Waals surface area contributed by atoms with E-state index < -0.39 is 0 Å². The van der Waals surface area contributed by atoms with Crippen LogP contribution in [0.5, 0.6) is 0 Å². The molecule has 0 atom stereocenters. The van der Waals surface area contributed by atoms with Crippen molar-refractivity contribution >= 4 is 17.4 Å². The van der Waals surface area contributed by atoms with Crippen molar-refractivity contribution in [1.82, 2.24) is 9.97 Å². The van der Waals surface area contributed by atoms with Crippen molar-refractivity contribution in [2.45, 2.75) is 57.6 Å². The van der Waals surface area contributed by atoms with Gasteiger partial charge in [0.05, 0.1) is 6.10 Å². The first-order chi connectivity index (χ1) is 9.17. The van der Waals surface area contributed by atoms with E-state index in [1.165, 1.54) is 12.8 Å². The Morgan fingerprint density at radius 3 is 2.68 bits per heavy atom. The lowest BCUT2D eigenvalue weighted by atomic mass is 9.89. The standard InChI is InChI=1S/C14H20ClN3O/c1-3-19-11-6-10(7-11)16-13-8(2)12(15)17-14(18-13)9-4-5-9/h9-11H,3-7H2,1-2H3,(H,16,17,18). The van der Waals surface area contributed by atoms with Gasteiger partial charge in [-0.05, 0) is 39.5 Å². The number of aromatic nitrogens is 2. The molecule has 0 unspecified atom stereocenters. The van der Waals surface area contributed by atoms with Crippen molar-refractivity contribution in [3.63, 3.8) is 0 Å². The summed E-state index contributed by atoms with van der Waals surface area (Å²) in [6.45, 7) is 4.80. The van der Waals surface area contributed by atoms with E-state index in [1.54, 1.807) is 0 Å². The number of ether oxygens (including phenoxy) is 1. The monoisotopic (exact) mass is 281 g/mol. The fourth-order valence-electron chi connectivity index (χ4n) is 2.42. The molecule has 0 amide bonds. The van der Waals surface area contributed by atoms with Crippen molar-refractivity contribution in [2.24, 2.45) is 0 Å². The zero-order valence-corrected chi connectivity index (χ0v) is 12.2. The van der Waals surface area contributed by atoms with Crippen LogP contribution in [-0.2, 0) is 4.74 Å². The number of hydrogen-bond acceptors (Lipinski definition) is 4. The second kappa shape index (κ2) is 5.25. The van der Waals surface area contributed by atoms with Crippen molar-refractivity contribution < 1.29 is 4.74 Å². The molecule has 3 rings (SSSR count). The Hall–Kier alpha value is -0.870. The van der Waals surface area contributed by atoms with E-state index in [2.05, 4.69) is 15.3 Å². The van der Waals surface area contributed by atoms with Gasteiger partial charge in [0.2, 0.25) is 0 Å². The molecule has 1 aromatic heterocycles. The Morgan fingerprint density at radius 2 is 2.05 bits per heavy atom. The Kier molecular flexibility index (Phi) is 3.63. The first kappa shape index (κ1) is 13.1. The molecule has 0 aliphatic heterocycles. The van der Waals surface area contributed by atoms with E-state index >= 15 is 0 Å². The predicted octanol–water partition coefficient (Wildman–Crippen LogP) is 3.30. The molecule has 2 fully saturated rings. The number of nitrogens with zero attached hydrogens (tertiary/aromatic N) is 2. The van der Waals surface area contributed by atoms with Crippen molar-refractivity contribution in [3.8, 4) is 0 Å². The second-order valence-corrected chi connectivity index (χ2v) is 5.87. The van der Waals surface area contributed by atoms with Gasteiger partial charge in [0.15, 0.2) is 0 Å². The molecule has 1 aromatic rings. The molecule has 5 heteroatoms. The summed E-state index contributed by atoms with van der Waals surface area (Å²) in [5.41, 5.74) is 0.950. The number of nitrogens with one attached hydrogen (secondary N) is 1. The SMILES string of the molecule is CCOC1CC(Nc2nc(C3CC3)nc(Cl)c2C)C1. The summed E-state index contributed by atoms with van der Waals surface area (Å²) in [5.74, 6) is 2.33. The molecule has 4 nitrogen and oxygen atoms in total. The molecule has 0 radical (unpaired) electrons. The van der Waals surface area contributed by atoms with E-state index in [-0.39, 0.29) is 0 Å². The molecule has 2 saturated carbocycles. The number of hydrogen-bond donors (Lipinski definition) is 1. The lowest BCUT2D eigenvalue weighted by Gasteiger charge is -2.36. The maximum absolute atomic E-state index is 6.20. The number of halogens is 1. The average molecular weight is 282 g/mol. The van der Waals surface area contributed by atoms with Crippen LogP contribution < -0.4 is 5.32 Å². The molecular formula is C14H20ClN3O. The quantitative estimate of drug-likeness (QED) is 0.841. The lowest BCUT2D eigenvalue weighted by Crippen LogP contribution is -2.41. The Bertz CT molecular complexity index is 470. The summed E-state index contributed by atoms with van der Waals surface area (Å²) in [7, 11) is 0. The van der Waals surface area contributed by atoms with Crippen LogP contribution in [-0.4, -0.2) is 28.7 Å². The first-order valence-corrected chi connectivity index (χ1v) is 7.47.